The van der Waals surface area contributed by atoms with Crippen molar-refractivity contribution in [3.63, 3.8) is 0 Å². The molecule has 0 N–H and O–H groups in total. The number of benzene rings is 1. The molecule has 2 nitrogen and oxygen atoms in total. The smallest absolute Gasteiger partial charge is 0.159 e. The monoisotopic (exact) mass is 391 g/mol. The molecule has 0 amide bonds. The highest BCUT2D eigenvalue weighted by atomic mass is 127. The first-order valence-corrected chi connectivity index (χ1v) is 7.44. The molecule has 1 heterocycles. The molecule has 0 aliphatic heterocycles. The van der Waals surface area contributed by atoms with Crippen LogP contribution in [0, 0.1) is 3.57 Å². The van der Waals surface area contributed by atoms with Crippen LogP contribution >= 0.6 is 46.8 Å². The number of halogens is 2. The van der Waals surface area contributed by atoms with Gasteiger partial charge in [-0.1, -0.05) is 23.8 Å². The van der Waals surface area contributed by atoms with Crippen molar-refractivity contribution >= 4 is 57.7 Å². The Kier molecular flexibility index (Phi) is 5.14. The third-order valence-corrected chi connectivity index (χ3v) is 3.67. The molecule has 2 aromatic rings. The molecule has 0 aliphatic rings. The van der Waals surface area contributed by atoms with Crippen LogP contribution in [0.4, 0.5) is 0 Å². The fourth-order valence-electron chi connectivity index (χ4n) is 1.56. The summed E-state index contributed by atoms with van der Waals surface area (Å²) in [6, 6.07) is 5.70. The van der Waals surface area contributed by atoms with Gasteiger partial charge < -0.3 is 4.74 Å². The Labute approximate surface area is 130 Å². The molecule has 0 spiro atoms. The molecule has 0 bridgehead atoms. The normalized spacial score (nSPS) is 11.3. The van der Waals surface area contributed by atoms with Crippen molar-refractivity contribution in [1.29, 1.82) is 0 Å². The SMILES string of the molecule is SCC=CCOc1c(I)cc(Cl)c2cccnc12. The molecule has 94 valence electrons. The zero-order chi connectivity index (χ0) is 13.0. The zero-order valence-electron chi connectivity index (χ0n) is 9.44. The van der Waals surface area contributed by atoms with E-state index in [-0.39, 0.29) is 0 Å². The average molecular weight is 392 g/mol. The van der Waals surface area contributed by atoms with E-state index in [0.29, 0.717) is 17.4 Å². The number of ether oxygens (including phenoxy) is 1. The molecule has 0 aliphatic carbocycles. The molecule has 0 fully saturated rings. The standard InChI is InChI=1S/C13H11ClINOS/c14-10-8-11(15)13(17-6-1-2-7-18)12-9(10)4-3-5-16-12/h1-5,8,18H,6-7H2. The maximum atomic E-state index is 6.19. The summed E-state index contributed by atoms with van der Waals surface area (Å²) in [5, 5.41) is 1.61. The van der Waals surface area contributed by atoms with Crippen LogP contribution < -0.4 is 4.74 Å². The second-order valence-corrected chi connectivity index (χ2v) is 5.47. The van der Waals surface area contributed by atoms with Crippen LogP contribution in [0.25, 0.3) is 10.9 Å². The van der Waals surface area contributed by atoms with E-state index in [2.05, 4.69) is 40.2 Å². The summed E-state index contributed by atoms with van der Waals surface area (Å²) < 4.78 is 6.72. The Morgan fingerprint density at radius 3 is 3.06 bits per heavy atom. The van der Waals surface area contributed by atoms with E-state index in [1.54, 1.807) is 6.20 Å². The molecule has 2 rings (SSSR count). The number of nitrogens with zero attached hydrogens (tertiary/aromatic N) is 1. The number of rotatable bonds is 4. The highest BCUT2D eigenvalue weighted by molar-refractivity contribution is 14.1. The Bertz CT molecular complexity index is 588. The molecule has 0 saturated heterocycles. The van der Waals surface area contributed by atoms with E-state index in [1.807, 2.05) is 30.4 Å². The summed E-state index contributed by atoms with van der Waals surface area (Å²) in [6.07, 6.45) is 5.62. The van der Waals surface area contributed by atoms with Crippen LogP contribution in [0.2, 0.25) is 5.02 Å². The molecule has 0 saturated carbocycles. The highest BCUT2D eigenvalue weighted by Gasteiger charge is 2.11. The highest BCUT2D eigenvalue weighted by Crippen LogP contribution is 2.34. The van der Waals surface area contributed by atoms with Gasteiger partial charge in [-0.05, 0) is 40.8 Å². The summed E-state index contributed by atoms with van der Waals surface area (Å²) >= 11 is 12.5. The third kappa shape index (κ3) is 3.10. The lowest BCUT2D eigenvalue weighted by Crippen LogP contribution is -1.98. The van der Waals surface area contributed by atoms with Gasteiger partial charge in [-0.3, -0.25) is 4.98 Å². The van der Waals surface area contributed by atoms with E-state index in [1.165, 1.54) is 0 Å². The van der Waals surface area contributed by atoms with Crippen LogP contribution in [0.3, 0.4) is 0 Å². The lowest BCUT2D eigenvalue weighted by Gasteiger charge is -2.10. The van der Waals surface area contributed by atoms with Gasteiger partial charge in [0.1, 0.15) is 12.1 Å². The minimum atomic E-state index is 0.504. The van der Waals surface area contributed by atoms with Crippen molar-refractivity contribution < 1.29 is 4.74 Å². The number of aromatic nitrogens is 1. The topological polar surface area (TPSA) is 22.1 Å². The van der Waals surface area contributed by atoms with E-state index in [4.69, 9.17) is 16.3 Å². The second-order valence-electron chi connectivity index (χ2n) is 3.53. The fraction of sp³-hybridized carbons (Fsp3) is 0.154. The van der Waals surface area contributed by atoms with Gasteiger partial charge in [0.2, 0.25) is 0 Å². The fourth-order valence-corrected chi connectivity index (χ4v) is 2.88. The van der Waals surface area contributed by atoms with Crippen LogP contribution in [0.5, 0.6) is 5.75 Å². The molecule has 1 aromatic carbocycles. The van der Waals surface area contributed by atoms with Gasteiger partial charge in [-0.15, -0.1) is 0 Å². The number of hydrogen-bond acceptors (Lipinski definition) is 3. The number of fused-ring (bicyclic) bond motifs is 1. The van der Waals surface area contributed by atoms with Crippen LogP contribution in [0.1, 0.15) is 0 Å². The number of thiol groups is 1. The lowest BCUT2D eigenvalue weighted by atomic mass is 10.2. The third-order valence-electron chi connectivity index (χ3n) is 2.35. The lowest BCUT2D eigenvalue weighted by molar-refractivity contribution is 0.364. The van der Waals surface area contributed by atoms with Crippen LogP contribution in [0.15, 0.2) is 36.5 Å². The van der Waals surface area contributed by atoms with Gasteiger partial charge in [-0.25, -0.2) is 0 Å². The first-order chi connectivity index (χ1) is 8.74. The van der Waals surface area contributed by atoms with Gasteiger partial charge in [0.15, 0.2) is 5.75 Å². The maximum Gasteiger partial charge on any atom is 0.159 e. The molecular formula is C13H11ClINOS. The van der Waals surface area contributed by atoms with E-state index in [9.17, 15) is 0 Å². The van der Waals surface area contributed by atoms with Crippen LogP contribution in [-0.4, -0.2) is 17.3 Å². The molecule has 1 aromatic heterocycles. The zero-order valence-corrected chi connectivity index (χ0v) is 13.2. The summed E-state index contributed by atoms with van der Waals surface area (Å²) in [6.45, 7) is 0.504. The molecule has 0 atom stereocenters. The quantitative estimate of drug-likeness (QED) is 0.475. The predicted molar refractivity (Wildman–Crippen MR) is 88.0 cm³/mol. The number of hydrogen-bond donors (Lipinski definition) is 1. The molecular weight excluding hydrogens is 381 g/mol. The second kappa shape index (κ2) is 6.63. The number of pyridine rings is 1. The Hall–Kier alpha value is -0.460. The van der Waals surface area contributed by atoms with Gasteiger partial charge in [0.25, 0.3) is 0 Å². The van der Waals surface area contributed by atoms with Crippen molar-refractivity contribution in [3.05, 3.63) is 45.1 Å². The Morgan fingerprint density at radius 2 is 2.28 bits per heavy atom. The first kappa shape index (κ1) is 14.0. The average Bonchev–Trinajstić information content (AvgIpc) is 2.38. The Balaban J connectivity index is 2.39. The minimum absolute atomic E-state index is 0.504. The van der Waals surface area contributed by atoms with Crippen molar-refractivity contribution in [3.8, 4) is 5.75 Å². The minimum Gasteiger partial charge on any atom is -0.486 e. The molecule has 0 unspecified atom stereocenters. The van der Waals surface area contributed by atoms with Crippen molar-refractivity contribution in [2.75, 3.05) is 12.4 Å². The largest absolute Gasteiger partial charge is 0.486 e. The van der Waals surface area contributed by atoms with Gasteiger partial charge in [-0.2, -0.15) is 12.6 Å². The van der Waals surface area contributed by atoms with Gasteiger partial charge in [0.05, 0.1) is 8.59 Å². The summed E-state index contributed by atoms with van der Waals surface area (Å²) in [5.41, 5.74) is 0.800. The van der Waals surface area contributed by atoms with E-state index >= 15 is 0 Å². The first-order valence-electron chi connectivity index (χ1n) is 5.35. The van der Waals surface area contributed by atoms with E-state index < -0.39 is 0 Å². The van der Waals surface area contributed by atoms with Crippen molar-refractivity contribution in [2.24, 2.45) is 0 Å². The van der Waals surface area contributed by atoms with E-state index in [0.717, 1.165) is 20.2 Å². The van der Waals surface area contributed by atoms with Crippen LogP contribution in [-0.2, 0) is 0 Å². The summed E-state index contributed by atoms with van der Waals surface area (Å²) in [4.78, 5) is 4.35. The molecule has 18 heavy (non-hydrogen) atoms. The molecule has 5 heteroatoms. The maximum absolute atomic E-state index is 6.19. The summed E-state index contributed by atoms with van der Waals surface area (Å²) in [7, 11) is 0. The van der Waals surface area contributed by atoms with Gasteiger partial charge in [0, 0.05) is 17.3 Å². The van der Waals surface area contributed by atoms with Crippen molar-refractivity contribution in [2.45, 2.75) is 0 Å². The predicted octanol–water partition coefficient (Wildman–Crippen LogP) is 4.36. The Morgan fingerprint density at radius 1 is 1.44 bits per heavy atom. The van der Waals surface area contributed by atoms with Gasteiger partial charge >= 0.3 is 0 Å². The summed E-state index contributed by atoms with van der Waals surface area (Å²) in [5.74, 6) is 1.49. The molecule has 0 radical (unpaired) electrons. The van der Waals surface area contributed by atoms with Crippen molar-refractivity contribution in [1.82, 2.24) is 4.98 Å².